The van der Waals surface area contributed by atoms with Crippen LogP contribution in [0.5, 0.6) is 23.0 Å². The Balaban J connectivity index is 1.24. The van der Waals surface area contributed by atoms with Crippen molar-refractivity contribution in [3.63, 3.8) is 0 Å². The first-order valence-corrected chi connectivity index (χ1v) is 13.3. The SMILES string of the molecule is NC1CCC(N(Cc2cc(NC(=O)c3ccc4c(c3)OCO4)ccc2Cl)C(=O)c2ccc3c(c2)OCO3)CC1. The lowest BCUT2D eigenvalue weighted by Crippen LogP contribution is -2.43. The van der Waals surface area contributed by atoms with E-state index in [9.17, 15) is 9.59 Å². The zero-order valence-electron chi connectivity index (χ0n) is 21.2. The van der Waals surface area contributed by atoms with E-state index in [2.05, 4.69) is 5.32 Å². The summed E-state index contributed by atoms with van der Waals surface area (Å²) < 4.78 is 21.6. The summed E-state index contributed by atoms with van der Waals surface area (Å²) in [5.74, 6) is 1.89. The van der Waals surface area contributed by atoms with Gasteiger partial charge in [-0.05, 0) is 85.8 Å². The first kappa shape index (κ1) is 25.3. The Hall–Kier alpha value is -3.95. The molecular formula is C29H28ClN3O6. The minimum Gasteiger partial charge on any atom is -0.454 e. The summed E-state index contributed by atoms with van der Waals surface area (Å²) in [5, 5.41) is 3.43. The van der Waals surface area contributed by atoms with Crippen LogP contribution >= 0.6 is 11.6 Å². The normalized spacial score (nSPS) is 19.0. The average molecular weight is 550 g/mol. The fraction of sp³-hybridized carbons (Fsp3) is 0.310. The number of nitrogens with one attached hydrogen (secondary N) is 1. The second kappa shape index (κ2) is 10.7. The van der Waals surface area contributed by atoms with Crippen molar-refractivity contribution < 1.29 is 28.5 Å². The van der Waals surface area contributed by atoms with Crippen LogP contribution in [0, 0.1) is 0 Å². The molecule has 2 aliphatic heterocycles. The van der Waals surface area contributed by atoms with Crippen molar-refractivity contribution in [2.75, 3.05) is 18.9 Å². The summed E-state index contributed by atoms with van der Waals surface area (Å²) in [5.41, 5.74) is 8.40. The van der Waals surface area contributed by atoms with Gasteiger partial charge in [0.1, 0.15) is 0 Å². The first-order valence-electron chi connectivity index (χ1n) is 12.9. The summed E-state index contributed by atoms with van der Waals surface area (Å²) in [4.78, 5) is 28.7. The van der Waals surface area contributed by atoms with Crippen molar-refractivity contribution in [2.24, 2.45) is 5.73 Å². The predicted molar refractivity (Wildman–Crippen MR) is 145 cm³/mol. The molecule has 0 saturated heterocycles. The summed E-state index contributed by atoms with van der Waals surface area (Å²) in [6.07, 6.45) is 3.29. The van der Waals surface area contributed by atoms with Crippen LogP contribution in [-0.4, -0.2) is 42.4 Å². The third kappa shape index (κ3) is 5.32. The molecule has 6 rings (SSSR count). The van der Waals surface area contributed by atoms with E-state index in [4.69, 9.17) is 36.3 Å². The summed E-state index contributed by atoms with van der Waals surface area (Å²) in [6.45, 7) is 0.548. The average Bonchev–Trinajstić information content (AvgIpc) is 3.62. The molecule has 1 aliphatic carbocycles. The van der Waals surface area contributed by atoms with Gasteiger partial charge in [0.2, 0.25) is 13.6 Å². The number of carbonyl (C=O) groups excluding carboxylic acids is 2. The van der Waals surface area contributed by atoms with Gasteiger partial charge in [0.25, 0.3) is 11.8 Å². The molecule has 1 fully saturated rings. The van der Waals surface area contributed by atoms with Gasteiger partial charge in [-0.2, -0.15) is 0 Å². The lowest BCUT2D eigenvalue weighted by Gasteiger charge is -2.36. The fourth-order valence-electron chi connectivity index (χ4n) is 5.17. The van der Waals surface area contributed by atoms with Crippen molar-refractivity contribution in [3.05, 3.63) is 76.3 Å². The number of fused-ring (bicyclic) bond motifs is 2. The second-order valence-electron chi connectivity index (χ2n) is 9.90. The zero-order chi connectivity index (χ0) is 26.9. The van der Waals surface area contributed by atoms with Gasteiger partial charge in [0.05, 0.1) is 0 Å². The number of carbonyl (C=O) groups is 2. The highest BCUT2D eigenvalue weighted by atomic mass is 35.5. The Kier molecular flexibility index (Phi) is 6.93. The van der Waals surface area contributed by atoms with Gasteiger partial charge < -0.3 is 34.9 Å². The molecule has 2 heterocycles. The molecule has 2 amide bonds. The molecule has 0 atom stereocenters. The molecule has 0 aromatic heterocycles. The topological polar surface area (TPSA) is 112 Å². The molecule has 39 heavy (non-hydrogen) atoms. The van der Waals surface area contributed by atoms with E-state index in [0.717, 1.165) is 31.2 Å². The van der Waals surface area contributed by atoms with E-state index in [0.29, 0.717) is 44.8 Å². The minimum absolute atomic E-state index is 0.00525. The van der Waals surface area contributed by atoms with Crippen LogP contribution in [0.1, 0.15) is 52.0 Å². The maximum atomic E-state index is 13.8. The van der Waals surface area contributed by atoms with Crippen LogP contribution in [0.15, 0.2) is 54.6 Å². The third-order valence-electron chi connectivity index (χ3n) is 7.34. The van der Waals surface area contributed by atoms with Crippen LogP contribution in [0.25, 0.3) is 0 Å². The van der Waals surface area contributed by atoms with Crippen molar-refractivity contribution in [1.29, 1.82) is 0 Å². The fourth-order valence-corrected chi connectivity index (χ4v) is 5.35. The summed E-state index contributed by atoms with van der Waals surface area (Å²) >= 11 is 6.61. The van der Waals surface area contributed by atoms with Crippen LogP contribution in [0.4, 0.5) is 5.69 Å². The molecule has 202 valence electrons. The number of halogens is 1. The largest absolute Gasteiger partial charge is 0.454 e. The van der Waals surface area contributed by atoms with Crippen LogP contribution < -0.4 is 30.0 Å². The number of anilines is 1. The predicted octanol–water partition coefficient (Wildman–Crippen LogP) is 4.96. The van der Waals surface area contributed by atoms with Crippen LogP contribution in [0.3, 0.4) is 0 Å². The Morgan fingerprint density at radius 2 is 1.44 bits per heavy atom. The van der Waals surface area contributed by atoms with Crippen molar-refractivity contribution in [2.45, 2.75) is 44.3 Å². The number of nitrogens with zero attached hydrogens (tertiary/aromatic N) is 1. The van der Waals surface area contributed by atoms with Gasteiger partial charge in [-0.1, -0.05) is 11.6 Å². The number of nitrogens with two attached hydrogens (primary N) is 1. The maximum Gasteiger partial charge on any atom is 0.255 e. The molecule has 0 unspecified atom stereocenters. The van der Waals surface area contributed by atoms with Crippen LogP contribution in [0.2, 0.25) is 5.02 Å². The lowest BCUT2D eigenvalue weighted by molar-refractivity contribution is 0.0606. The number of amides is 2. The number of benzene rings is 3. The van der Waals surface area contributed by atoms with E-state index >= 15 is 0 Å². The molecule has 9 nitrogen and oxygen atoms in total. The van der Waals surface area contributed by atoms with Gasteiger partial charge in [-0.15, -0.1) is 0 Å². The highest BCUT2D eigenvalue weighted by molar-refractivity contribution is 6.31. The van der Waals surface area contributed by atoms with E-state index < -0.39 is 0 Å². The highest BCUT2D eigenvalue weighted by Gasteiger charge is 2.30. The molecule has 3 aromatic carbocycles. The number of ether oxygens (including phenoxy) is 4. The summed E-state index contributed by atoms with van der Waals surface area (Å²) in [7, 11) is 0. The molecule has 1 saturated carbocycles. The molecule has 3 N–H and O–H groups in total. The van der Waals surface area contributed by atoms with Crippen molar-refractivity contribution in [1.82, 2.24) is 4.90 Å². The maximum absolute atomic E-state index is 13.8. The van der Waals surface area contributed by atoms with E-state index in [1.165, 1.54) is 0 Å². The Morgan fingerprint density at radius 1 is 0.821 bits per heavy atom. The van der Waals surface area contributed by atoms with Gasteiger partial charge >= 0.3 is 0 Å². The number of hydrogen-bond donors (Lipinski definition) is 2. The van der Waals surface area contributed by atoms with Gasteiger partial charge in [-0.25, -0.2) is 0 Å². The zero-order valence-corrected chi connectivity index (χ0v) is 21.9. The Bertz CT molecular complexity index is 1420. The van der Waals surface area contributed by atoms with Crippen molar-refractivity contribution >= 4 is 29.1 Å². The Labute approximate surface area is 230 Å². The van der Waals surface area contributed by atoms with E-state index in [1.54, 1.807) is 48.5 Å². The second-order valence-corrected chi connectivity index (χ2v) is 10.3. The molecule has 10 heteroatoms. The van der Waals surface area contributed by atoms with E-state index in [-0.39, 0.29) is 44.0 Å². The first-order chi connectivity index (χ1) is 18.9. The standard InChI is InChI=1S/C29H28ClN3O6/c30-23-8-5-21(32-28(34)17-1-9-24-26(12-17)38-15-36-24)11-19(23)14-33(22-6-3-20(31)4-7-22)29(35)18-2-10-25-27(13-18)39-16-37-25/h1-2,5,8-13,20,22H,3-4,6-7,14-16,31H2,(H,32,34). The smallest absolute Gasteiger partial charge is 0.255 e. The number of rotatable bonds is 6. The molecule has 0 spiro atoms. The minimum atomic E-state index is -0.295. The molecule has 0 bridgehead atoms. The van der Waals surface area contributed by atoms with Crippen LogP contribution in [-0.2, 0) is 6.54 Å². The third-order valence-corrected chi connectivity index (χ3v) is 7.71. The van der Waals surface area contributed by atoms with Gasteiger partial charge in [0.15, 0.2) is 23.0 Å². The quantitative estimate of drug-likeness (QED) is 0.447. The van der Waals surface area contributed by atoms with Crippen molar-refractivity contribution in [3.8, 4) is 23.0 Å². The van der Waals surface area contributed by atoms with E-state index in [1.807, 2.05) is 11.0 Å². The molecule has 3 aromatic rings. The van der Waals surface area contributed by atoms with Gasteiger partial charge in [0, 0.05) is 40.5 Å². The molecule has 0 radical (unpaired) electrons. The summed E-state index contributed by atoms with van der Waals surface area (Å²) in [6, 6.07) is 15.7. The lowest BCUT2D eigenvalue weighted by atomic mass is 9.90. The Morgan fingerprint density at radius 3 is 2.13 bits per heavy atom. The number of hydrogen-bond acceptors (Lipinski definition) is 7. The molecule has 3 aliphatic rings. The highest BCUT2D eigenvalue weighted by Crippen LogP contribution is 2.35. The molecular weight excluding hydrogens is 522 g/mol. The van der Waals surface area contributed by atoms with Gasteiger partial charge in [-0.3, -0.25) is 9.59 Å². The monoisotopic (exact) mass is 549 g/mol.